The van der Waals surface area contributed by atoms with Crippen LogP contribution in [0.2, 0.25) is 0 Å². The number of anilines is 5. The van der Waals surface area contributed by atoms with Crippen LogP contribution in [0.3, 0.4) is 0 Å². The zero-order chi connectivity index (χ0) is 43.8. The smallest absolute Gasteiger partial charge is 0.271 e. The molecule has 0 spiro atoms. The Labute approximate surface area is 367 Å². The van der Waals surface area contributed by atoms with E-state index in [9.17, 15) is 24.9 Å². The summed E-state index contributed by atoms with van der Waals surface area (Å²) in [5.74, 6) is 1.04. The van der Waals surface area contributed by atoms with Gasteiger partial charge in [0.25, 0.3) is 5.91 Å². The van der Waals surface area contributed by atoms with Crippen molar-refractivity contribution < 1.29 is 34.4 Å². The topological polar surface area (TPSA) is 235 Å². The van der Waals surface area contributed by atoms with Gasteiger partial charge in [-0.3, -0.25) is 24.7 Å². The number of hydrogen-bond donors (Lipinski definition) is 9. The SMILES string of the molecule is CCc1nc(C(N)=O)c(Nc2ccc(N3CCC(N4CC5=C(CNC5)C4C(=O)CNc4cccc5c4CN(C4CCC(O)NC4O)C5O)CC3)c(OC)c2)nc1NC1CCOCC1. The average Bonchev–Trinajstić information content (AvgIpc) is 4.00. The Hall–Kier alpha value is -4.92. The summed E-state index contributed by atoms with van der Waals surface area (Å²) >= 11 is 0. The van der Waals surface area contributed by atoms with Crippen molar-refractivity contribution in [3.8, 4) is 5.75 Å². The first-order chi connectivity index (χ1) is 30.6. The molecule has 1 amide bonds. The maximum Gasteiger partial charge on any atom is 0.271 e. The van der Waals surface area contributed by atoms with E-state index in [1.165, 1.54) is 11.1 Å². The van der Waals surface area contributed by atoms with Gasteiger partial charge in [0.2, 0.25) is 0 Å². The Kier molecular flexibility index (Phi) is 12.8. The van der Waals surface area contributed by atoms with E-state index in [0.717, 1.165) is 74.4 Å². The largest absolute Gasteiger partial charge is 0.495 e. The number of nitrogens with zero attached hydrogens (tertiary/aromatic N) is 5. The van der Waals surface area contributed by atoms with Crippen molar-refractivity contribution in [1.29, 1.82) is 0 Å². The lowest BCUT2D eigenvalue weighted by Crippen LogP contribution is -2.56. The van der Waals surface area contributed by atoms with Gasteiger partial charge in [0.15, 0.2) is 23.1 Å². The number of carbonyl (C=O) groups excluding carboxylic acids is 2. The van der Waals surface area contributed by atoms with E-state index in [-0.39, 0.29) is 48.0 Å². The minimum atomic E-state index is -0.966. The van der Waals surface area contributed by atoms with Gasteiger partial charge in [-0.15, -0.1) is 0 Å². The molecular weight excluding hydrogens is 807 g/mol. The highest BCUT2D eigenvalue weighted by atomic mass is 16.5. The molecule has 63 heavy (non-hydrogen) atoms. The van der Waals surface area contributed by atoms with Crippen LogP contribution in [0, 0.1) is 0 Å². The first-order valence-electron chi connectivity index (χ1n) is 22.5. The van der Waals surface area contributed by atoms with E-state index in [1.807, 2.05) is 48.2 Å². The molecule has 5 unspecified atom stereocenters. The number of ether oxygens (including phenoxy) is 2. The van der Waals surface area contributed by atoms with Crippen molar-refractivity contribution in [2.45, 2.75) is 101 Å². The monoisotopic (exact) mass is 867 g/mol. The molecule has 1 aromatic heterocycles. The summed E-state index contributed by atoms with van der Waals surface area (Å²) in [5.41, 5.74) is 13.2. The number of ketones is 1. The number of fused-ring (bicyclic) bond motifs is 1. The van der Waals surface area contributed by atoms with Crippen LogP contribution in [-0.4, -0.2) is 143 Å². The number of methoxy groups -OCH3 is 1. The van der Waals surface area contributed by atoms with Gasteiger partial charge in [0.05, 0.1) is 37.1 Å². The van der Waals surface area contributed by atoms with Gasteiger partial charge >= 0.3 is 0 Å². The van der Waals surface area contributed by atoms with Gasteiger partial charge < -0.3 is 56.7 Å². The van der Waals surface area contributed by atoms with Crippen molar-refractivity contribution in [1.82, 2.24) is 30.4 Å². The third-order valence-corrected chi connectivity index (χ3v) is 13.8. The molecule has 5 atom stereocenters. The highest BCUT2D eigenvalue weighted by Gasteiger charge is 2.44. The van der Waals surface area contributed by atoms with Crippen LogP contribution in [0.15, 0.2) is 47.5 Å². The van der Waals surface area contributed by atoms with Crippen LogP contribution in [0.5, 0.6) is 5.75 Å². The summed E-state index contributed by atoms with van der Waals surface area (Å²) in [6.45, 7) is 7.72. The molecule has 6 aliphatic heterocycles. The number of aliphatic hydroxyl groups excluding tert-OH is 3. The highest BCUT2D eigenvalue weighted by molar-refractivity contribution is 5.96. The zero-order valence-electron chi connectivity index (χ0n) is 36.1. The molecule has 3 fully saturated rings. The number of aromatic nitrogens is 2. The molecule has 338 valence electrons. The maximum atomic E-state index is 14.3. The first kappa shape index (κ1) is 43.3. The Morgan fingerprint density at radius 1 is 0.968 bits per heavy atom. The molecule has 3 saturated heterocycles. The summed E-state index contributed by atoms with van der Waals surface area (Å²) in [6.07, 6.45) is 2.43. The van der Waals surface area contributed by atoms with Crippen molar-refractivity contribution in [3.63, 3.8) is 0 Å². The van der Waals surface area contributed by atoms with Gasteiger partial charge in [-0.25, -0.2) is 9.97 Å². The number of Topliss-reactive ketones (excluding diaryl/α,β-unsaturated/α-hetero) is 1. The number of amides is 1. The summed E-state index contributed by atoms with van der Waals surface area (Å²) in [5, 5.41) is 48.4. The Morgan fingerprint density at radius 2 is 1.78 bits per heavy atom. The van der Waals surface area contributed by atoms with Gasteiger partial charge in [0, 0.05) is 87.6 Å². The second-order valence-electron chi connectivity index (χ2n) is 17.5. The van der Waals surface area contributed by atoms with E-state index in [1.54, 1.807) is 7.11 Å². The summed E-state index contributed by atoms with van der Waals surface area (Å²) in [6, 6.07) is 11.3. The number of nitrogens with two attached hydrogens (primary N) is 1. The van der Waals surface area contributed by atoms with Crippen molar-refractivity contribution >= 4 is 40.4 Å². The Balaban J connectivity index is 0.851. The highest BCUT2D eigenvalue weighted by Crippen LogP contribution is 2.41. The number of benzene rings is 2. The predicted octanol–water partition coefficient (Wildman–Crippen LogP) is 1.91. The fourth-order valence-corrected chi connectivity index (χ4v) is 10.4. The predicted molar refractivity (Wildman–Crippen MR) is 238 cm³/mol. The molecular formula is C45H61N11O7. The number of carbonyl (C=O) groups is 2. The number of hydrogen-bond acceptors (Lipinski definition) is 17. The summed E-state index contributed by atoms with van der Waals surface area (Å²) in [7, 11) is 1.65. The lowest BCUT2D eigenvalue weighted by molar-refractivity contribution is -0.121. The summed E-state index contributed by atoms with van der Waals surface area (Å²) in [4.78, 5) is 43.0. The van der Waals surface area contributed by atoms with Crippen molar-refractivity contribution in [3.05, 3.63) is 70.1 Å². The molecule has 0 aliphatic carbocycles. The quantitative estimate of drug-likeness (QED) is 0.105. The lowest BCUT2D eigenvalue weighted by atomic mass is 9.97. The lowest BCUT2D eigenvalue weighted by Gasteiger charge is -2.41. The molecule has 2 aromatic carbocycles. The number of primary amides is 1. The first-order valence-corrected chi connectivity index (χ1v) is 22.5. The molecule has 6 aliphatic rings. The molecule has 18 heteroatoms. The molecule has 3 aromatic rings. The Morgan fingerprint density at radius 3 is 2.52 bits per heavy atom. The number of nitrogens with one attached hydrogen (secondary N) is 5. The van der Waals surface area contributed by atoms with Crippen molar-refractivity contribution in [2.24, 2.45) is 5.73 Å². The van der Waals surface area contributed by atoms with E-state index in [0.29, 0.717) is 68.5 Å². The van der Waals surface area contributed by atoms with Gasteiger partial charge in [0.1, 0.15) is 24.4 Å². The third kappa shape index (κ3) is 8.83. The fourth-order valence-electron chi connectivity index (χ4n) is 10.4. The number of piperidine rings is 2. The van der Waals surface area contributed by atoms with E-state index < -0.39 is 24.6 Å². The molecule has 7 heterocycles. The van der Waals surface area contributed by atoms with Gasteiger partial charge in [-0.1, -0.05) is 19.1 Å². The van der Waals surface area contributed by atoms with E-state index >= 15 is 0 Å². The van der Waals surface area contributed by atoms with Crippen molar-refractivity contribution in [2.75, 3.05) is 80.4 Å². The van der Waals surface area contributed by atoms with Crippen LogP contribution < -0.4 is 42.0 Å². The maximum absolute atomic E-state index is 14.3. The van der Waals surface area contributed by atoms with Crippen LogP contribution in [0.1, 0.15) is 79.0 Å². The number of aliphatic hydroxyl groups is 3. The third-order valence-electron chi connectivity index (χ3n) is 13.8. The molecule has 0 radical (unpaired) electrons. The molecule has 0 bridgehead atoms. The second-order valence-corrected chi connectivity index (χ2v) is 17.5. The van der Waals surface area contributed by atoms with Crippen LogP contribution >= 0.6 is 0 Å². The second kappa shape index (κ2) is 18.7. The molecule has 9 rings (SSSR count). The summed E-state index contributed by atoms with van der Waals surface area (Å²) < 4.78 is 11.5. The number of rotatable bonds is 14. The molecule has 0 saturated carbocycles. The molecule has 18 nitrogen and oxygen atoms in total. The number of aryl methyl sites for hydroxylation is 1. The zero-order valence-corrected chi connectivity index (χ0v) is 36.1. The van der Waals surface area contributed by atoms with Gasteiger partial charge in [-0.2, -0.15) is 0 Å². The minimum Gasteiger partial charge on any atom is -0.495 e. The standard InChI is InChI=1S/C45H61N11O7/c1-3-32-42(49-26-13-17-63-18-14-26)53-43(39(51-32)41(46)59)50-27-7-8-34(37(19-27)62-2)54-15-11-28(12-16-54)55-23-25-20-47-21-30(25)40(55)36(57)22-48-33-6-4-5-29-31(33)24-56(45(29)61)35-9-10-38(58)52-44(35)60/h4-8,19,26,28,35,38,40,44-45,47-48,52,58,60-61H,3,9-18,20-24H2,1-2H3,(H2,46,59)(H2,49,50,53). The van der Waals surface area contributed by atoms with Gasteiger partial charge in [-0.05, 0) is 79.9 Å². The minimum absolute atomic E-state index is 0.0761. The van der Waals surface area contributed by atoms with Crippen LogP contribution in [0.25, 0.3) is 0 Å². The average molecular weight is 868 g/mol. The van der Waals surface area contributed by atoms with Crippen LogP contribution in [-0.2, 0) is 22.5 Å². The van der Waals surface area contributed by atoms with E-state index in [4.69, 9.17) is 20.2 Å². The van der Waals surface area contributed by atoms with E-state index in [2.05, 4.69) is 41.4 Å². The Bertz CT molecular complexity index is 2210. The fraction of sp³-hybridized carbons (Fsp3) is 0.556. The normalized spacial score (nSPS) is 25.9. The van der Waals surface area contributed by atoms with Crippen LogP contribution in [0.4, 0.5) is 28.7 Å². The molecule has 10 N–H and O–H groups in total.